The maximum Gasteiger partial charge on any atom is 0.261 e. The minimum atomic E-state index is -3.67. The molecule has 0 unspecified atom stereocenters. The second-order valence-electron chi connectivity index (χ2n) is 2.64. The van der Waals surface area contributed by atoms with Crippen molar-refractivity contribution in [2.75, 3.05) is 12.0 Å². The van der Waals surface area contributed by atoms with Gasteiger partial charge in [-0.25, -0.2) is 0 Å². The molecule has 1 aromatic carbocycles. The van der Waals surface area contributed by atoms with Crippen molar-refractivity contribution in [3.05, 3.63) is 29.8 Å². The summed E-state index contributed by atoms with van der Waals surface area (Å²) in [5, 5.41) is 0. The number of hydrogen-bond acceptors (Lipinski definition) is 3. The molecule has 0 heterocycles. The standard InChI is InChI=1S/C7H9N.3C2H6.CH4O3S/c1-6-2-4-7(8)5-3-6;3*1-2;1-5(2,3)4/h2-5H,8H2,1H3;3*1-2H3;1H3,(H,2,3,4). The summed E-state index contributed by atoms with van der Waals surface area (Å²) >= 11 is 0. The molecule has 0 fully saturated rings. The predicted molar refractivity (Wildman–Crippen MR) is 87.1 cm³/mol. The Bertz CT molecular complexity index is 316. The molecular formula is C14H31NO3S. The first-order valence-electron chi connectivity index (χ1n) is 6.53. The zero-order chi connectivity index (χ0) is 16.5. The van der Waals surface area contributed by atoms with Crippen LogP contribution in [0, 0.1) is 6.92 Å². The third-order valence-electron chi connectivity index (χ3n) is 1.08. The van der Waals surface area contributed by atoms with Gasteiger partial charge in [-0.2, -0.15) is 8.42 Å². The molecule has 0 aliphatic heterocycles. The molecule has 19 heavy (non-hydrogen) atoms. The fourth-order valence-corrected chi connectivity index (χ4v) is 0.566. The normalized spacial score (nSPS) is 7.84. The first-order valence-corrected chi connectivity index (χ1v) is 8.38. The van der Waals surface area contributed by atoms with E-state index in [4.69, 9.17) is 10.3 Å². The quantitative estimate of drug-likeness (QED) is 0.556. The van der Waals surface area contributed by atoms with Gasteiger partial charge in [0, 0.05) is 5.69 Å². The van der Waals surface area contributed by atoms with Gasteiger partial charge in [0.25, 0.3) is 10.1 Å². The van der Waals surface area contributed by atoms with E-state index in [1.807, 2.05) is 72.7 Å². The number of benzene rings is 1. The molecule has 1 rings (SSSR count). The van der Waals surface area contributed by atoms with Gasteiger partial charge in [0.05, 0.1) is 6.26 Å². The molecule has 0 aliphatic rings. The monoisotopic (exact) mass is 293 g/mol. The minimum Gasteiger partial charge on any atom is -0.399 e. The zero-order valence-corrected chi connectivity index (χ0v) is 14.4. The fraction of sp³-hybridized carbons (Fsp3) is 0.571. The Labute approximate surface area is 119 Å². The van der Waals surface area contributed by atoms with Crippen molar-refractivity contribution in [1.82, 2.24) is 0 Å². The average Bonchev–Trinajstić information content (AvgIpc) is 2.38. The number of anilines is 1. The van der Waals surface area contributed by atoms with Gasteiger partial charge in [-0.15, -0.1) is 0 Å². The average molecular weight is 293 g/mol. The topological polar surface area (TPSA) is 80.4 Å². The van der Waals surface area contributed by atoms with E-state index < -0.39 is 10.1 Å². The lowest BCUT2D eigenvalue weighted by atomic mass is 10.2. The van der Waals surface area contributed by atoms with Gasteiger partial charge in [-0.3, -0.25) is 4.55 Å². The molecule has 116 valence electrons. The highest BCUT2D eigenvalue weighted by molar-refractivity contribution is 7.85. The van der Waals surface area contributed by atoms with E-state index in [1.54, 1.807) is 0 Å². The first-order chi connectivity index (χ1) is 8.79. The number of aryl methyl sites for hydroxylation is 1. The molecule has 4 nitrogen and oxygen atoms in total. The van der Waals surface area contributed by atoms with Gasteiger partial charge in [-0.05, 0) is 19.1 Å². The summed E-state index contributed by atoms with van der Waals surface area (Å²) in [6.45, 7) is 14.0. The Kier molecular flexibility index (Phi) is 26.9. The summed E-state index contributed by atoms with van der Waals surface area (Å²) in [6, 6.07) is 7.79. The van der Waals surface area contributed by atoms with Crippen LogP contribution in [0.2, 0.25) is 0 Å². The molecule has 0 spiro atoms. The molecule has 0 saturated carbocycles. The smallest absolute Gasteiger partial charge is 0.261 e. The highest BCUT2D eigenvalue weighted by Gasteiger charge is 1.81. The Balaban J connectivity index is -0.0000000892. The SMILES string of the molecule is CC.CC.CC.CS(=O)(=O)O.Cc1ccc(N)cc1. The van der Waals surface area contributed by atoms with Crippen molar-refractivity contribution in [2.24, 2.45) is 0 Å². The van der Waals surface area contributed by atoms with Crippen LogP contribution >= 0.6 is 0 Å². The van der Waals surface area contributed by atoms with Crippen LogP contribution < -0.4 is 5.73 Å². The second kappa shape index (κ2) is 19.3. The first kappa shape index (κ1) is 26.5. The molecule has 5 heteroatoms. The maximum atomic E-state index is 9.19. The molecule has 0 radical (unpaired) electrons. The molecule has 0 aromatic heterocycles. The number of hydrogen-bond donors (Lipinski definition) is 2. The van der Waals surface area contributed by atoms with E-state index in [1.165, 1.54) is 5.56 Å². The number of nitrogens with two attached hydrogens (primary N) is 1. The summed E-state index contributed by atoms with van der Waals surface area (Å²) in [7, 11) is -3.67. The summed E-state index contributed by atoms with van der Waals surface area (Å²) in [5.41, 5.74) is 7.51. The summed E-state index contributed by atoms with van der Waals surface area (Å²) in [6.07, 6.45) is 0.715. The van der Waals surface area contributed by atoms with Crippen molar-refractivity contribution < 1.29 is 13.0 Å². The third kappa shape index (κ3) is 47.3. The van der Waals surface area contributed by atoms with Gasteiger partial charge >= 0.3 is 0 Å². The number of rotatable bonds is 0. The lowest BCUT2D eigenvalue weighted by Crippen LogP contribution is -1.88. The minimum absolute atomic E-state index is 0.715. The van der Waals surface area contributed by atoms with Gasteiger partial charge in [0.15, 0.2) is 0 Å². The highest BCUT2D eigenvalue weighted by atomic mass is 32.2. The van der Waals surface area contributed by atoms with Crippen molar-refractivity contribution in [3.63, 3.8) is 0 Å². The van der Waals surface area contributed by atoms with Gasteiger partial charge in [-0.1, -0.05) is 59.2 Å². The van der Waals surface area contributed by atoms with Crippen LogP contribution in [0.25, 0.3) is 0 Å². The lowest BCUT2D eigenvalue weighted by molar-refractivity contribution is 0.490. The summed E-state index contributed by atoms with van der Waals surface area (Å²) < 4.78 is 25.9. The largest absolute Gasteiger partial charge is 0.399 e. The number of nitrogen functional groups attached to an aromatic ring is 1. The van der Waals surface area contributed by atoms with E-state index in [9.17, 15) is 8.42 Å². The molecule has 0 amide bonds. The molecule has 3 N–H and O–H groups in total. The molecule has 1 aromatic rings. The molecule has 0 saturated heterocycles. The predicted octanol–water partition coefficient (Wildman–Crippen LogP) is 4.16. The Morgan fingerprint density at radius 1 is 0.895 bits per heavy atom. The molecular weight excluding hydrogens is 262 g/mol. The van der Waals surface area contributed by atoms with E-state index in [-0.39, 0.29) is 0 Å². The van der Waals surface area contributed by atoms with Gasteiger partial charge in [0.2, 0.25) is 0 Å². The van der Waals surface area contributed by atoms with Gasteiger partial charge in [0.1, 0.15) is 0 Å². The zero-order valence-electron chi connectivity index (χ0n) is 13.6. The van der Waals surface area contributed by atoms with Crippen LogP contribution in [-0.4, -0.2) is 19.2 Å². The Morgan fingerprint density at radius 3 is 1.26 bits per heavy atom. The highest BCUT2D eigenvalue weighted by Crippen LogP contribution is 2.02. The maximum absolute atomic E-state index is 9.19. The fourth-order valence-electron chi connectivity index (χ4n) is 0.566. The third-order valence-corrected chi connectivity index (χ3v) is 1.08. The van der Waals surface area contributed by atoms with Crippen LogP contribution in [0.4, 0.5) is 5.69 Å². The Morgan fingerprint density at radius 2 is 1.11 bits per heavy atom. The van der Waals surface area contributed by atoms with Crippen LogP contribution in [0.1, 0.15) is 47.1 Å². The van der Waals surface area contributed by atoms with E-state index in [0.717, 1.165) is 5.69 Å². The summed E-state index contributed by atoms with van der Waals surface area (Å²) in [4.78, 5) is 0. The summed E-state index contributed by atoms with van der Waals surface area (Å²) in [5.74, 6) is 0. The molecule has 0 atom stereocenters. The van der Waals surface area contributed by atoms with E-state index in [2.05, 4.69) is 0 Å². The van der Waals surface area contributed by atoms with Crippen LogP contribution in [0.15, 0.2) is 24.3 Å². The molecule has 0 bridgehead atoms. The lowest BCUT2D eigenvalue weighted by Gasteiger charge is -1.90. The van der Waals surface area contributed by atoms with Crippen molar-refractivity contribution >= 4 is 15.8 Å². The van der Waals surface area contributed by atoms with Crippen LogP contribution in [0.5, 0.6) is 0 Å². The van der Waals surface area contributed by atoms with E-state index in [0.29, 0.717) is 6.26 Å². The van der Waals surface area contributed by atoms with Crippen molar-refractivity contribution in [2.45, 2.75) is 48.5 Å². The van der Waals surface area contributed by atoms with Crippen LogP contribution in [-0.2, 0) is 10.1 Å². The molecule has 0 aliphatic carbocycles. The van der Waals surface area contributed by atoms with Crippen molar-refractivity contribution in [3.8, 4) is 0 Å². The van der Waals surface area contributed by atoms with Gasteiger partial charge < -0.3 is 5.73 Å². The van der Waals surface area contributed by atoms with E-state index >= 15 is 0 Å². The van der Waals surface area contributed by atoms with Crippen LogP contribution in [0.3, 0.4) is 0 Å². The second-order valence-corrected chi connectivity index (χ2v) is 4.11. The Hall–Kier alpha value is -1.07. The van der Waals surface area contributed by atoms with Crippen molar-refractivity contribution in [1.29, 1.82) is 0 Å².